The molecule has 0 radical (unpaired) electrons. The fraction of sp³-hybridized carbons (Fsp3) is 0.250. The van der Waals surface area contributed by atoms with Gasteiger partial charge in [0, 0.05) is 12.6 Å². The van der Waals surface area contributed by atoms with E-state index in [1.807, 2.05) is 13.8 Å². The molecule has 0 heterocycles. The van der Waals surface area contributed by atoms with Gasteiger partial charge in [0.1, 0.15) is 5.82 Å². The van der Waals surface area contributed by atoms with Crippen LogP contribution in [0.2, 0.25) is 0 Å². The Labute approximate surface area is 88.8 Å². The normalized spacial score (nSPS) is 11.3. The van der Waals surface area contributed by atoms with Crippen molar-refractivity contribution in [3.8, 4) is 0 Å². The van der Waals surface area contributed by atoms with Crippen molar-refractivity contribution >= 4 is 11.5 Å². The predicted molar refractivity (Wildman–Crippen MR) is 58.7 cm³/mol. The van der Waals surface area contributed by atoms with Gasteiger partial charge in [-0.3, -0.25) is 4.79 Å². The van der Waals surface area contributed by atoms with Crippen molar-refractivity contribution in [2.24, 2.45) is 0 Å². The Morgan fingerprint density at radius 3 is 2.53 bits per heavy atom. The number of likely N-dealkylation sites (N-methyl/N-ethyl adjacent to an activating group) is 1. The molecule has 1 rings (SSSR count). The van der Waals surface area contributed by atoms with E-state index in [9.17, 15) is 9.18 Å². The second-order valence-corrected chi connectivity index (χ2v) is 3.23. The molecule has 0 bridgehead atoms. The van der Waals surface area contributed by atoms with Gasteiger partial charge in [0.05, 0.1) is 0 Å². The highest BCUT2D eigenvalue weighted by atomic mass is 19.1. The molecule has 0 aliphatic rings. The highest BCUT2D eigenvalue weighted by Crippen LogP contribution is 2.13. The maximum atomic E-state index is 12.6. The van der Waals surface area contributed by atoms with Crippen molar-refractivity contribution < 1.29 is 9.18 Å². The van der Waals surface area contributed by atoms with Crippen molar-refractivity contribution in [2.45, 2.75) is 13.8 Å². The molecule has 0 fully saturated rings. The van der Waals surface area contributed by atoms with Gasteiger partial charge in [-0.25, -0.2) is 4.39 Å². The first-order valence-electron chi connectivity index (χ1n) is 4.85. The van der Waals surface area contributed by atoms with Crippen LogP contribution in [0.1, 0.15) is 19.4 Å². The third-order valence-electron chi connectivity index (χ3n) is 2.00. The van der Waals surface area contributed by atoms with Crippen LogP contribution in [0.3, 0.4) is 0 Å². The fourth-order valence-corrected chi connectivity index (χ4v) is 1.22. The third-order valence-corrected chi connectivity index (χ3v) is 2.00. The first-order valence-corrected chi connectivity index (χ1v) is 4.85. The zero-order chi connectivity index (χ0) is 11.3. The van der Waals surface area contributed by atoms with Crippen molar-refractivity contribution in [1.82, 2.24) is 5.32 Å². The van der Waals surface area contributed by atoms with Crippen LogP contribution in [0, 0.1) is 5.82 Å². The molecule has 0 aliphatic carbocycles. The van der Waals surface area contributed by atoms with Crippen molar-refractivity contribution in [2.75, 3.05) is 6.54 Å². The Bertz CT molecular complexity index is 368. The molecule has 1 N–H and O–H groups in total. The zero-order valence-corrected chi connectivity index (χ0v) is 8.88. The highest BCUT2D eigenvalue weighted by Gasteiger charge is 1.99. The summed E-state index contributed by atoms with van der Waals surface area (Å²) in [6.07, 6.45) is 1.51. The summed E-state index contributed by atoms with van der Waals surface area (Å²) >= 11 is 0. The monoisotopic (exact) mass is 207 g/mol. The van der Waals surface area contributed by atoms with Crippen LogP contribution >= 0.6 is 0 Å². The summed E-state index contributed by atoms with van der Waals surface area (Å²) in [7, 11) is 0. The van der Waals surface area contributed by atoms with Crippen LogP contribution in [0.15, 0.2) is 30.3 Å². The highest BCUT2D eigenvalue weighted by molar-refractivity contribution is 5.94. The minimum Gasteiger partial charge on any atom is -0.353 e. The summed E-state index contributed by atoms with van der Waals surface area (Å²) in [5, 5.41) is 2.67. The lowest BCUT2D eigenvalue weighted by molar-refractivity contribution is -0.116. The maximum Gasteiger partial charge on any atom is 0.244 e. The fourth-order valence-electron chi connectivity index (χ4n) is 1.22. The zero-order valence-electron chi connectivity index (χ0n) is 8.88. The van der Waals surface area contributed by atoms with Gasteiger partial charge in [0.2, 0.25) is 5.91 Å². The molecule has 3 heteroatoms. The third kappa shape index (κ3) is 3.54. The van der Waals surface area contributed by atoms with Crippen molar-refractivity contribution in [1.29, 1.82) is 0 Å². The number of halogens is 1. The van der Waals surface area contributed by atoms with Gasteiger partial charge in [0.25, 0.3) is 0 Å². The average Bonchev–Trinajstić information content (AvgIpc) is 2.18. The van der Waals surface area contributed by atoms with Crippen molar-refractivity contribution in [3.63, 3.8) is 0 Å². The summed E-state index contributed by atoms with van der Waals surface area (Å²) in [4.78, 5) is 11.2. The Morgan fingerprint density at radius 1 is 1.40 bits per heavy atom. The SMILES string of the molecule is CCNC(=O)/C=C(/C)c1ccc(F)cc1. The van der Waals surface area contributed by atoms with Gasteiger partial charge in [0.15, 0.2) is 0 Å². The van der Waals surface area contributed by atoms with E-state index in [2.05, 4.69) is 5.32 Å². The summed E-state index contributed by atoms with van der Waals surface area (Å²) < 4.78 is 12.6. The maximum absolute atomic E-state index is 12.6. The van der Waals surface area contributed by atoms with Crippen molar-refractivity contribution in [3.05, 3.63) is 41.7 Å². The number of benzene rings is 1. The van der Waals surface area contributed by atoms with Crippen LogP contribution in [0.25, 0.3) is 5.57 Å². The summed E-state index contributed by atoms with van der Waals surface area (Å²) in [5.41, 5.74) is 1.67. The molecule has 0 spiro atoms. The van der Waals surface area contributed by atoms with Crippen LogP contribution in [-0.4, -0.2) is 12.5 Å². The molecule has 80 valence electrons. The van der Waals surface area contributed by atoms with E-state index in [1.165, 1.54) is 18.2 Å². The molecule has 0 unspecified atom stereocenters. The molecule has 15 heavy (non-hydrogen) atoms. The number of allylic oxidation sites excluding steroid dienone is 1. The molecular weight excluding hydrogens is 193 g/mol. The van der Waals surface area contributed by atoms with Gasteiger partial charge in [-0.05, 0) is 37.1 Å². The minimum absolute atomic E-state index is 0.126. The number of carbonyl (C=O) groups excluding carboxylic acids is 1. The van der Waals surface area contributed by atoms with Gasteiger partial charge in [-0.2, -0.15) is 0 Å². The molecule has 1 aromatic rings. The number of rotatable bonds is 3. The van der Waals surface area contributed by atoms with E-state index in [1.54, 1.807) is 12.1 Å². The standard InChI is InChI=1S/C12H14FNO/c1-3-14-12(15)8-9(2)10-4-6-11(13)7-5-10/h4-8H,3H2,1-2H3,(H,14,15)/b9-8-. The van der Waals surface area contributed by atoms with Crippen LogP contribution in [0.5, 0.6) is 0 Å². The van der Waals surface area contributed by atoms with Gasteiger partial charge >= 0.3 is 0 Å². The molecule has 0 saturated carbocycles. The van der Waals surface area contributed by atoms with E-state index in [0.717, 1.165) is 11.1 Å². The Kier molecular flexibility index (Phi) is 4.03. The van der Waals surface area contributed by atoms with Gasteiger partial charge in [-0.15, -0.1) is 0 Å². The second kappa shape index (κ2) is 5.29. The molecule has 0 aliphatic heterocycles. The van der Waals surface area contributed by atoms with Crippen LogP contribution in [-0.2, 0) is 4.79 Å². The number of amides is 1. The summed E-state index contributed by atoms with van der Waals surface area (Å²) in [6.45, 7) is 4.29. The lowest BCUT2D eigenvalue weighted by Gasteiger charge is -2.01. The van der Waals surface area contributed by atoms with E-state index < -0.39 is 0 Å². The molecular formula is C12H14FNO. The van der Waals surface area contributed by atoms with Gasteiger partial charge < -0.3 is 5.32 Å². The first kappa shape index (κ1) is 11.4. The Balaban J connectivity index is 2.79. The van der Waals surface area contributed by atoms with Crippen LogP contribution in [0.4, 0.5) is 4.39 Å². The number of hydrogen-bond acceptors (Lipinski definition) is 1. The molecule has 0 aromatic heterocycles. The Hall–Kier alpha value is -1.64. The smallest absolute Gasteiger partial charge is 0.244 e. The van der Waals surface area contributed by atoms with E-state index in [0.29, 0.717) is 6.54 Å². The largest absolute Gasteiger partial charge is 0.353 e. The van der Waals surface area contributed by atoms with E-state index in [-0.39, 0.29) is 11.7 Å². The van der Waals surface area contributed by atoms with Crippen LogP contribution < -0.4 is 5.32 Å². The van der Waals surface area contributed by atoms with E-state index in [4.69, 9.17) is 0 Å². The Morgan fingerprint density at radius 2 is 2.00 bits per heavy atom. The summed E-state index contributed by atoms with van der Waals surface area (Å²) in [6, 6.07) is 6.07. The second-order valence-electron chi connectivity index (χ2n) is 3.23. The quantitative estimate of drug-likeness (QED) is 0.757. The van der Waals surface area contributed by atoms with E-state index >= 15 is 0 Å². The number of hydrogen-bond donors (Lipinski definition) is 1. The lowest BCUT2D eigenvalue weighted by Crippen LogP contribution is -2.20. The van der Waals surface area contributed by atoms with Gasteiger partial charge in [-0.1, -0.05) is 12.1 Å². The number of nitrogens with one attached hydrogen (secondary N) is 1. The molecule has 1 aromatic carbocycles. The predicted octanol–water partition coefficient (Wildman–Crippen LogP) is 2.37. The average molecular weight is 207 g/mol. The summed E-state index contributed by atoms with van der Waals surface area (Å²) in [5.74, 6) is -0.399. The topological polar surface area (TPSA) is 29.1 Å². The molecule has 0 saturated heterocycles. The molecule has 2 nitrogen and oxygen atoms in total. The number of carbonyl (C=O) groups is 1. The minimum atomic E-state index is -0.274. The molecule has 1 amide bonds. The first-order chi connectivity index (χ1) is 7.13. The lowest BCUT2D eigenvalue weighted by atomic mass is 10.1. The molecule has 0 atom stereocenters.